The van der Waals surface area contributed by atoms with E-state index >= 15 is 0 Å². The van der Waals surface area contributed by atoms with Crippen molar-refractivity contribution in [2.24, 2.45) is 5.92 Å². The van der Waals surface area contributed by atoms with Crippen molar-refractivity contribution in [3.05, 3.63) is 29.8 Å². The molecule has 3 atom stereocenters. The lowest BCUT2D eigenvalue weighted by atomic mass is 9.82. The Morgan fingerprint density at radius 2 is 1.91 bits per heavy atom. The lowest BCUT2D eigenvalue weighted by Gasteiger charge is -2.44. The van der Waals surface area contributed by atoms with Crippen molar-refractivity contribution in [1.29, 1.82) is 0 Å². The molecule has 3 unspecified atom stereocenters. The molecule has 2 fully saturated rings. The fourth-order valence-corrected chi connectivity index (χ4v) is 5.39. The van der Waals surface area contributed by atoms with Crippen LogP contribution < -0.4 is 4.74 Å². The van der Waals surface area contributed by atoms with E-state index in [1.165, 1.54) is 0 Å². The van der Waals surface area contributed by atoms with Crippen LogP contribution in [-0.2, 0) is 15.2 Å². The zero-order chi connectivity index (χ0) is 24.0. The molecule has 0 radical (unpaired) electrons. The third kappa shape index (κ3) is 6.27. The van der Waals surface area contributed by atoms with Crippen LogP contribution in [0.4, 0.5) is 0 Å². The molecule has 2 aliphatic heterocycles. The number of hydrogen-bond acceptors (Lipinski definition) is 5. The third-order valence-corrected chi connectivity index (χ3v) is 7.34. The molecule has 3 rings (SSSR count). The number of carbonyl (C=O) groups excluding carboxylic acids is 1. The minimum Gasteiger partial charge on any atom is -0.490 e. The van der Waals surface area contributed by atoms with Gasteiger partial charge in [-0.3, -0.25) is 9.59 Å². The Hall–Kier alpha value is -2.12. The SMILES string of the molecule is CCCC1C(C(=O)N2CCC(O)(c3ccccc3OC(C)CCC(=O)O)CC2)CCCN1C. The topological polar surface area (TPSA) is 90.3 Å². The summed E-state index contributed by atoms with van der Waals surface area (Å²) in [5, 5.41) is 20.4. The lowest BCUT2D eigenvalue weighted by Crippen LogP contribution is -2.53. The van der Waals surface area contributed by atoms with E-state index in [9.17, 15) is 14.7 Å². The molecule has 0 aromatic heterocycles. The second-order valence-electron chi connectivity index (χ2n) is 9.80. The summed E-state index contributed by atoms with van der Waals surface area (Å²) in [7, 11) is 2.13. The molecule has 0 spiro atoms. The number of carbonyl (C=O) groups is 2. The van der Waals surface area contributed by atoms with Gasteiger partial charge in [0.1, 0.15) is 5.75 Å². The number of aliphatic carboxylic acids is 1. The highest BCUT2D eigenvalue weighted by atomic mass is 16.5. The maximum absolute atomic E-state index is 13.4. The van der Waals surface area contributed by atoms with Crippen LogP contribution in [0.2, 0.25) is 0 Å². The van der Waals surface area contributed by atoms with Gasteiger partial charge in [0.25, 0.3) is 0 Å². The number of likely N-dealkylation sites (tertiary alicyclic amines) is 2. The van der Waals surface area contributed by atoms with E-state index in [4.69, 9.17) is 9.84 Å². The summed E-state index contributed by atoms with van der Waals surface area (Å²) in [6.45, 7) is 6.12. The molecule has 7 nitrogen and oxygen atoms in total. The quantitative estimate of drug-likeness (QED) is 0.585. The van der Waals surface area contributed by atoms with Gasteiger partial charge in [-0.25, -0.2) is 0 Å². The number of rotatable bonds is 9. The van der Waals surface area contributed by atoms with E-state index in [0.29, 0.717) is 44.1 Å². The first-order chi connectivity index (χ1) is 15.7. The molecule has 1 amide bonds. The summed E-state index contributed by atoms with van der Waals surface area (Å²) in [6, 6.07) is 7.75. The molecule has 0 saturated carbocycles. The van der Waals surface area contributed by atoms with Crippen molar-refractivity contribution in [3.8, 4) is 5.75 Å². The molecule has 7 heteroatoms. The summed E-state index contributed by atoms with van der Waals surface area (Å²) in [4.78, 5) is 28.6. The predicted octanol–water partition coefficient (Wildman–Crippen LogP) is 3.64. The van der Waals surface area contributed by atoms with Gasteiger partial charge in [0, 0.05) is 31.1 Å². The number of benzene rings is 1. The number of amides is 1. The van der Waals surface area contributed by atoms with Gasteiger partial charge in [-0.2, -0.15) is 0 Å². The van der Waals surface area contributed by atoms with Gasteiger partial charge in [-0.15, -0.1) is 0 Å². The lowest BCUT2D eigenvalue weighted by molar-refractivity contribution is -0.144. The highest BCUT2D eigenvalue weighted by molar-refractivity contribution is 5.80. The van der Waals surface area contributed by atoms with Crippen molar-refractivity contribution in [2.75, 3.05) is 26.7 Å². The zero-order valence-electron chi connectivity index (χ0n) is 20.3. The van der Waals surface area contributed by atoms with Gasteiger partial charge in [-0.05, 0) is 65.1 Å². The van der Waals surface area contributed by atoms with E-state index in [1.807, 2.05) is 36.1 Å². The van der Waals surface area contributed by atoms with E-state index < -0.39 is 11.6 Å². The minimum absolute atomic E-state index is 0.0417. The number of para-hydroxylation sites is 1. The van der Waals surface area contributed by atoms with Gasteiger partial charge in [0.15, 0.2) is 0 Å². The first-order valence-corrected chi connectivity index (χ1v) is 12.4. The van der Waals surface area contributed by atoms with Crippen LogP contribution in [0, 0.1) is 5.92 Å². The van der Waals surface area contributed by atoms with Crippen LogP contribution in [0.3, 0.4) is 0 Å². The number of ether oxygens (including phenoxy) is 1. The second-order valence-corrected chi connectivity index (χ2v) is 9.80. The van der Waals surface area contributed by atoms with Crippen molar-refractivity contribution in [1.82, 2.24) is 9.80 Å². The molecule has 184 valence electrons. The van der Waals surface area contributed by atoms with E-state index in [-0.39, 0.29) is 24.3 Å². The molecule has 33 heavy (non-hydrogen) atoms. The maximum atomic E-state index is 13.4. The first-order valence-electron chi connectivity index (χ1n) is 12.4. The molecule has 0 aliphatic carbocycles. The fourth-order valence-electron chi connectivity index (χ4n) is 5.39. The van der Waals surface area contributed by atoms with Crippen molar-refractivity contribution >= 4 is 11.9 Å². The van der Waals surface area contributed by atoms with Gasteiger partial charge >= 0.3 is 5.97 Å². The summed E-state index contributed by atoms with van der Waals surface area (Å²) in [5.41, 5.74) is -0.341. The Morgan fingerprint density at radius 3 is 2.58 bits per heavy atom. The fraction of sp³-hybridized carbons (Fsp3) is 0.692. The number of carboxylic acid groups (broad SMARTS) is 1. The molecule has 2 saturated heterocycles. The summed E-state index contributed by atoms with van der Waals surface area (Å²) in [5.74, 6) is 0.0174. The van der Waals surface area contributed by atoms with E-state index in [0.717, 1.165) is 37.8 Å². The average Bonchev–Trinajstić information content (AvgIpc) is 2.79. The first kappa shape index (κ1) is 25.5. The molecule has 2 aliphatic rings. The van der Waals surface area contributed by atoms with Gasteiger partial charge < -0.3 is 24.7 Å². The molecular weight excluding hydrogens is 420 g/mol. The maximum Gasteiger partial charge on any atom is 0.303 e. The average molecular weight is 461 g/mol. The molecule has 0 bridgehead atoms. The number of hydrogen-bond donors (Lipinski definition) is 2. The predicted molar refractivity (Wildman–Crippen MR) is 127 cm³/mol. The van der Waals surface area contributed by atoms with Crippen LogP contribution in [0.15, 0.2) is 24.3 Å². The molecule has 2 heterocycles. The van der Waals surface area contributed by atoms with E-state index in [1.54, 1.807) is 0 Å². The van der Waals surface area contributed by atoms with Crippen LogP contribution in [-0.4, -0.2) is 70.7 Å². The van der Waals surface area contributed by atoms with Crippen LogP contribution in [0.25, 0.3) is 0 Å². The Morgan fingerprint density at radius 1 is 1.21 bits per heavy atom. The number of carboxylic acids is 1. The number of aliphatic hydroxyl groups is 1. The summed E-state index contributed by atoms with van der Waals surface area (Å²) >= 11 is 0. The Bertz CT molecular complexity index is 806. The van der Waals surface area contributed by atoms with E-state index in [2.05, 4.69) is 18.9 Å². The van der Waals surface area contributed by atoms with Crippen LogP contribution in [0.5, 0.6) is 5.75 Å². The Labute approximate surface area is 197 Å². The number of nitrogens with zero attached hydrogens (tertiary/aromatic N) is 2. The Balaban J connectivity index is 1.66. The second kappa shape index (κ2) is 11.3. The largest absolute Gasteiger partial charge is 0.490 e. The molecule has 1 aromatic carbocycles. The molecular formula is C26H40N2O5. The smallest absolute Gasteiger partial charge is 0.303 e. The summed E-state index contributed by atoms with van der Waals surface area (Å²) < 4.78 is 6.03. The standard InChI is InChI=1S/C26H40N2O5/c1-4-8-22-20(9-7-16-27(22)3)25(31)28-17-14-26(32,15-18-28)21-10-5-6-11-23(21)33-19(2)12-13-24(29)30/h5-6,10-11,19-20,22,32H,4,7-9,12-18H2,1-3H3,(H,29,30). The van der Waals surface area contributed by atoms with Crippen molar-refractivity contribution < 1.29 is 24.5 Å². The highest BCUT2D eigenvalue weighted by Crippen LogP contribution is 2.39. The minimum atomic E-state index is -1.06. The highest BCUT2D eigenvalue weighted by Gasteiger charge is 2.41. The van der Waals surface area contributed by atoms with Crippen molar-refractivity contribution in [2.45, 2.75) is 83.0 Å². The van der Waals surface area contributed by atoms with Crippen molar-refractivity contribution in [3.63, 3.8) is 0 Å². The molecule has 1 aromatic rings. The van der Waals surface area contributed by atoms with Crippen LogP contribution >= 0.6 is 0 Å². The Kier molecular flexibility index (Phi) is 8.76. The monoisotopic (exact) mass is 460 g/mol. The third-order valence-electron chi connectivity index (χ3n) is 7.34. The number of piperidine rings is 2. The van der Waals surface area contributed by atoms with Gasteiger partial charge in [0.2, 0.25) is 5.91 Å². The van der Waals surface area contributed by atoms with Gasteiger partial charge in [0.05, 0.1) is 17.6 Å². The zero-order valence-corrected chi connectivity index (χ0v) is 20.3. The normalized spacial score (nSPS) is 24.3. The van der Waals surface area contributed by atoms with Gasteiger partial charge in [-0.1, -0.05) is 31.5 Å². The summed E-state index contributed by atoms with van der Waals surface area (Å²) in [6.07, 6.45) is 5.20. The molecule has 2 N–H and O–H groups in total. The van der Waals surface area contributed by atoms with Crippen LogP contribution in [0.1, 0.15) is 70.8 Å².